The molecule has 0 spiro atoms. The lowest BCUT2D eigenvalue weighted by atomic mass is 10.2. The molecule has 0 aromatic heterocycles. The summed E-state index contributed by atoms with van der Waals surface area (Å²) in [5, 5.41) is 8.38. The molecule has 6 nitrogen and oxygen atoms in total. The first-order valence-electron chi connectivity index (χ1n) is 3.58. The topological polar surface area (TPSA) is 128 Å². The molecule has 7 N–H and O–H groups in total. The van der Waals surface area contributed by atoms with Crippen molar-refractivity contribution in [2.75, 3.05) is 6.54 Å². The molecule has 0 aromatic rings. The van der Waals surface area contributed by atoms with Gasteiger partial charge in [-0.05, 0) is 12.8 Å². The van der Waals surface area contributed by atoms with Gasteiger partial charge >= 0.3 is 5.97 Å². The van der Waals surface area contributed by atoms with Crippen LogP contribution in [-0.2, 0) is 4.79 Å². The zero-order valence-corrected chi connectivity index (χ0v) is 9.69. The van der Waals surface area contributed by atoms with Gasteiger partial charge in [0.25, 0.3) is 0 Å². The number of carbonyl (C=O) groups is 1. The number of carboxylic acids is 1. The van der Waals surface area contributed by atoms with Crippen molar-refractivity contribution < 1.29 is 9.90 Å². The predicted molar refractivity (Wildman–Crippen MR) is 58.5 cm³/mol. The molecule has 0 aliphatic heterocycles. The number of carboxylic acid groups (broad SMARTS) is 1. The molecule has 0 fully saturated rings. The molecule has 8 heteroatoms. The van der Waals surface area contributed by atoms with Crippen LogP contribution in [0.1, 0.15) is 12.8 Å². The van der Waals surface area contributed by atoms with Crippen LogP contribution in [0.2, 0.25) is 0 Å². The molecule has 3 radical (unpaired) electrons. The third-order valence-corrected chi connectivity index (χ3v) is 1.28. The number of nitrogens with two attached hydrogens (primary N) is 3. The summed E-state index contributed by atoms with van der Waals surface area (Å²) in [7, 11) is 0. The zero-order valence-electron chi connectivity index (χ0n) is 7.72. The van der Waals surface area contributed by atoms with Crippen molar-refractivity contribution in [2.24, 2.45) is 22.2 Å². The number of aliphatic carboxylic acids is 1. The third kappa shape index (κ3) is 11.5. The molecular weight excluding hydrogens is 223 g/mol. The Bertz CT molecular complexity index is 187. The number of hydrogen-bond donors (Lipinski definition) is 4. The number of rotatable bonds is 5. The van der Waals surface area contributed by atoms with Gasteiger partial charge in [0.15, 0.2) is 5.96 Å². The van der Waals surface area contributed by atoms with Crippen LogP contribution in [0.5, 0.6) is 0 Å². The van der Waals surface area contributed by atoms with Crippen LogP contribution in [0.25, 0.3) is 0 Å². The van der Waals surface area contributed by atoms with Crippen LogP contribution >= 0.6 is 12.4 Å². The molecule has 0 saturated heterocycles. The third-order valence-electron chi connectivity index (χ3n) is 1.28. The van der Waals surface area contributed by atoms with Crippen molar-refractivity contribution in [1.82, 2.24) is 0 Å². The molecule has 0 heterocycles. The minimum Gasteiger partial charge on any atom is -0.480 e. The van der Waals surface area contributed by atoms with Crippen LogP contribution in [0, 0.1) is 0 Å². The first kappa shape index (κ1) is 19.2. The van der Waals surface area contributed by atoms with Gasteiger partial charge in [-0.15, -0.1) is 12.4 Å². The SMILES string of the molecule is Cl.NC(N)=NCCC[C@H](N)C(=O)O.[Al]. The summed E-state index contributed by atoms with van der Waals surface area (Å²) in [6.07, 6.45) is 0.956. The standard InChI is InChI=1S/C6H14N4O2.Al.ClH/c7-4(5(11)12)2-1-3-10-6(8)9;;/h4H,1-3,7H2,(H,11,12)(H4,8,9,10);;1H/t4-;;/m0../s1. The second-order valence-electron chi connectivity index (χ2n) is 2.39. The molecule has 0 aliphatic carbocycles. The van der Waals surface area contributed by atoms with Gasteiger partial charge in [-0.2, -0.15) is 0 Å². The highest BCUT2D eigenvalue weighted by atomic mass is 35.5. The highest BCUT2D eigenvalue weighted by molar-refractivity contribution is 5.85. The molecule has 14 heavy (non-hydrogen) atoms. The smallest absolute Gasteiger partial charge is 0.320 e. The Morgan fingerprint density at radius 1 is 1.43 bits per heavy atom. The molecule has 0 bridgehead atoms. The van der Waals surface area contributed by atoms with Crippen LogP contribution in [0.15, 0.2) is 4.99 Å². The van der Waals surface area contributed by atoms with Crippen molar-refractivity contribution in [1.29, 1.82) is 0 Å². The summed E-state index contributed by atoms with van der Waals surface area (Å²) in [6.45, 7) is 0.420. The number of hydrogen-bond acceptors (Lipinski definition) is 3. The van der Waals surface area contributed by atoms with Crippen molar-refractivity contribution in [3.05, 3.63) is 0 Å². The second kappa shape index (κ2) is 10.6. The van der Waals surface area contributed by atoms with Crippen LogP contribution in [0.4, 0.5) is 0 Å². The maximum Gasteiger partial charge on any atom is 0.320 e. The van der Waals surface area contributed by atoms with Gasteiger partial charge < -0.3 is 22.3 Å². The van der Waals surface area contributed by atoms with E-state index in [1.54, 1.807) is 0 Å². The molecule has 81 valence electrons. The Balaban J connectivity index is -0.000000605. The summed E-state index contributed by atoms with van der Waals surface area (Å²) in [5.74, 6) is -0.987. The Labute approximate surface area is 99.5 Å². The highest BCUT2D eigenvalue weighted by Gasteiger charge is 2.09. The van der Waals surface area contributed by atoms with E-state index in [0.717, 1.165) is 0 Å². The van der Waals surface area contributed by atoms with Crippen molar-refractivity contribution in [3.63, 3.8) is 0 Å². The summed E-state index contributed by atoms with van der Waals surface area (Å²) < 4.78 is 0. The minimum absolute atomic E-state index is 0. The van der Waals surface area contributed by atoms with Crippen LogP contribution in [-0.4, -0.2) is 47.0 Å². The van der Waals surface area contributed by atoms with E-state index in [-0.39, 0.29) is 35.7 Å². The quantitative estimate of drug-likeness (QED) is 0.200. The molecule has 0 saturated carbocycles. The van der Waals surface area contributed by atoms with Gasteiger partial charge in [-0.1, -0.05) is 0 Å². The average molecular weight is 238 g/mol. The maximum absolute atomic E-state index is 10.2. The Morgan fingerprint density at radius 3 is 2.29 bits per heavy atom. The summed E-state index contributed by atoms with van der Waals surface area (Å²) in [5.41, 5.74) is 15.3. The van der Waals surface area contributed by atoms with Gasteiger partial charge in [0, 0.05) is 23.9 Å². The summed E-state index contributed by atoms with van der Waals surface area (Å²) in [6, 6.07) is -0.820. The monoisotopic (exact) mass is 237 g/mol. The lowest BCUT2D eigenvalue weighted by Gasteiger charge is -2.03. The molecule has 1 atom stereocenters. The zero-order chi connectivity index (χ0) is 9.56. The average Bonchev–Trinajstić information content (AvgIpc) is 1.97. The van der Waals surface area contributed by atoms with Crippen molar-refractivity contribution in [3.8, 4) is 0 Å². The molecule has 0 rings (SSSR count). The van der Waals surface area contributed by atoms with E-state index in [4.69, 9.17) is 22.3 Å². The fraction of sp³-hybridized carbons (Fsp3) is 0.667. The number of halogens is 1. The van der Waals surface area contributed by atoms with Crippen LogP contribution < -0.4 is 17.2 Å². The van der Waals surface area contributed by atoms with E-state index in [2.05, 4.69) is 4.99 Å². The molecule has 0 aromatic carbocycles. The minimum atomic E-state index is -1.00. The lowest BCUT2D eigenvalue weighted by molar-refractivity contribution is -0.138. The van der Waals surface area contributed by atoms with E-state index in [1.165, 1.54) is 0 Å². The fourth-order valence-corrected chi connectivity index (χ4v) is 0.643. The molecule has 0 amide bonds. The number of aliphatic imine (C=N–C) groups is 1. The summed E-state index contributed by atoms with van der Waals surface area (Å²) in [4.78, 5) is 13.9. The normalized spacial score (nSPS) is 10.4. The summed E-state index contributed by atoms with van der Waals surface area (Å²) >= 11 is 0. The Hall–Kier alpha value is -0.478. The maximum atomic E-state index is 10.2. The van der Waals surface area contributed by atoms with Gasteiger partial charge in [-0.3, -0.25) is 9.79 Å². The predicted octanol–water partition coefficient (Wildman–Crippen LogP) is -1.51. The van der Waals surface area contributed by atoms with Gasteiger partial charge in [0.1, 0.15) is 6.04 Å². The fourth-order valence-electron chi connectivity index (χ4n) is 0.643. The number of nitrogens with zero attached hydrogens (tertiary/aromatic N) is 1. The first-order chi connectivity index (χ1) is 5.54. The highest BCUT2D eigenvalue weighted by Crippen LogP contribution is 1.94. The van der Waals surface area contributed by atoms with E-state index < -0.39 is 12.0 Å². The largest absolute Gasteiger partial charge is 0.480 e. The molecule has 0 aliphatic rings. The van der Waals surface area contributed by atoms with E-state index in [9.17, 15) is 4.79 Å². The van der Waals surface area contributed by atoms with E-state index >= 15 is 0 Å². The van der Waals surface area contributed by atoms with Gasteiger partial charge in [0.2, 0.25) is 0 Å². The Kier molecular flexibility index (Phi) is 14.5. The second-order valence-corrected chi connectivity index (χ2v) is 2.39. The lowest BCUT2D eigenvalue weighted by Crippen LogP contribution is -2.30. The van der Waals surface area contributed by atoms with E-state index in [0.29, 0.717) is 19.4 Å². The van der Waals surface area contributed by atoms with Gasteiger partial charge in [0.05, 0.1) is 0 Å². The number of guanidine groups is 1. The van der Waals surface area contributed by atoms with Crippen LogP contribution in [0.3, 0.4) is 0 Å². The van der Waals surface area contributed by atoms with Gasteiger partial charge in [-0.25, -0.2) is 0 Å². The van der Waals surface area contributed by atoms with Crippen molar-refractivity contribution in [2.45, 2.75) is 18.9 Å². The molecule has 0 unspecified atom stereocenters. The first-order valence-corrected chi connectivity index (χ1v) is 3.58. The molecular formula is C6H15AlClN4O2. The van der Waals surface area contributed by atoms with Crippen molar-refractivity contribution >= 4 is 41.7 Å². The van der Waals surface area contributed by atoms with E-state index in [1.807, 2.05) is 0 Å². The Morgan fingerprint density at radius 2 is 1.93 bits per heavy atom.